The van der Waals surface area contributed by atoms with E-state index in [0.29, 0.717) is 6.54 Å². The highest BCUT2D eigenvalue weighted by Gasteiger charge is 2.37. The molecule has 14 heavy (non-hydrogen) atoms. The van der Waals surface area contributed by atoms with Crippen LogP contribution in [0.5, 0.6) is 0 Å². The number of nitrogens with zero attached hydrogens (tertiary/aromatic N) is 2. The van der Waals surface area contributed by atoms with E-state index >= 15 is 0 Å². The maximum atomic E-state index is 12.1. The van der Waals surface area contributed by atoms with Crippen molar-refractivity contribution in [2.45, 2.75) is 39.0 Å². The Hall–Kier alpha value is -1.00. The first-order valence-corrected chi connectivity index (χ1v) is 4.68. The number of imidazole rings is 1. The average molecular weight is 207 g/mol. The number of hydrogen-bond acceptors (Lipinski definition) is 0. The third kappa shape index (κ3) is 3.05. The van der Waals surface area contributed by atoms with Crippen molar-refractivity contribution in [2.24, 2.45) is 0 Å². The van der Waals surface area contributed by atoms with Crippen molar-refractivity contribution in [3.63, 3.8) is 0 Å². The number of rotatable bonds is 4. The lowest BCUT2D eigenvalue weighted by Gasteiger charge is -1.98. The Morgan fingerprint density at radius 2 is 2.00 bits per heavy atom. The molecular formula is C9H14F3N2+. The van der Waals surface area contributed by atoms with E-state index in [-0.39, 0.29) is 4.57 Å². The maximum Gasteiger partial charge on any atom is 0.567 e. The molecule has 0 aliphatic heterocycles. The maximum absolute atomic E-state index is 12.1. The SMILES string of the molecule is CCCCC[n+]1ccn(C(F)(F)F)c1. The minimum Gasteiger partial charge on any atom is -0.237 e. The molecule has 0 aromatic carbocycles. The van der Waals surface area contributed by atoms with E-state index < -0.39 is 6.30 Å². The van der Waals surface area contributed by atoms with Crippen LogP contribution in [0, 0.1) is 0 Å². The van der Waals surface area contributed by atoms with Crippen LogP contribution in [-0.4, -0.2) is 4.57 Å². The number of halogens is 3. The second kappa shape index (κ2) is 4.48. The van der Waals surface area contributed by atoms with E-state index in [0.717, 1.165) is 31.8 Å². The number of hydrogen-bond donors (Lipinski definition) is 0. The summed E-state index contributed by atoms with van der Waals surface area (Å²) in [5, 5.41) is 0. The molecule has 0 bridgehead atoms. The molecule has 0 aliphatic rings. The van der Waals surface area contributed by atoms with Gasteiger partial charge in [-0.2, -0.15) is 0 Å². The number of aryl methyl sites for hydroxylation is 1. The van der Waals surface area contributed by atoms with Crippen LogP contribution in [0.4, 0.5) is 13.2 Å². The van der Waals surface area contributed by atoms with Gasteiger partial charge in [0.25, 0.3) is 6.33 Å². The molecule has 0 saturated carbocycles. The molecule has 1 aromatic rings. The molecule has 0 fully saturated rings. The first-order valence-electron chi connectivity index (χ1n) is 4.68. The molecule has 80 valence electrons. The van der Waals surface area contributed by atoms with Gasteiger partial charge >= 0.3 is 6.30 Å². The lowest BCUT2D eigenvalue weighted by atomic mass is 10.2. The van der Waals surface area contributed by atoms with Gasteiger partial charge in [-0.05, 0) is 12.8 Å². The molecule has 0 saturated heterocycles. The Morgan fingerprint density at radius 3 is 2.50 bits per heavy atom. The molecule has 0 N–H and O–H groups in total. The fourth-order valence-corrected chi connectivity index (χ4v) is 1.22. The lowest BCUT2D eigenvalue weighted by molar-refractivity contribution is -0.697. The summed E-state index contributed by atoms with van der Waals surface area (Å²) in [5.74, 6) is 0. The van der Waals surface area contributed by atoms with Gasteiger partial charge in [0, 0.05) is 0 Å². The third-order valence-corrected chi connectivity index (χ3v) is 2.00. The van der Waals surface area contributed by atoms with E-state index in [1.165, 1.54) is 6.20 Å². The van der Waals surface area contributed by atoms with Crippen LogP contribution in [0.15, 0.2) is 18.7 Å². The van der Waals surface area contributed by atoms with Crippen LogP contribution in [-0.2, 0) is 12.8 Å². The predicted octanol–water partition coefficient (Wildman–Crippen LogP) is 2.44. The Balaban J connectivity index is 2.51. The standard InChI is InChI=1S/C9H14F3N2/c1-2-3-4-5-13-6-7-14(8-13)9(10,11)12/h6-8H,2-5H2,1H3/q+1. The van der Waals surface area contributed by atoms with E-state index in [1.54, 1.807) is 4.57 Å². The van der Waals surface area contributed by atoms with Crippen molar-refractivity contribution in [2.75, 3.05) is 0 Å². The Labute approximate surface area is 81.0 Å². The molecular weight excluding hydrogens is 193 g/mol. The van der Waals surface area contributed by atoms with Crippen molar-refractivity contribution < 1.29 is 17.7 Å². The second-order valence-electron chi connectivity index (χ2n) is 3.23. The molecule has 1 aromatic heterocycles. The molecule has 1 heterocycles. The van der Waals surface area contributed by atoms with Crippen molar-refractivity contribution in [1.29, 1.82) is 0 Å². The highest BCUT2D eigenvalue weighted by Crippen LogP contribution is 2.20. The summed E-state index contributed by atoms with van der Waals surface area (Å²) in [6.45, 7) is 2.71. The van der Waals surface area contributed by atoms with E-state index in [9.17, 15) is 13.2 Å². The van der Waals surface area contributed by atoms with E-state index in [1.807, 2.05) is 0 Å². The van der Waals surface area contributed by atoms with Crippen LogP contribution < -0.4 is 4.57 Å². The number of aromatic nitrogens is 2. The average Bonchev–Trinajstić information content (AvgIpc) is 2.52. The molecule has 0 spiro atoms. The monoisotopic (exact) mass is 207 g/mol. The zero-order valence-electron chi connectivity index (χ0n) is 8.09. The van der Waals surface area contributed by atoms with Gasteiger partial charge in [-0.15, -0.1) is 17.7 Å². The lowest BCUT2D eigenvalue weighted by Crippen LogP contribution is -2.31. The number of alkyl halides is 3. The summed E-state index contributed by atoms with van der Waals surface area (Å²) >= 11 is 0. The minimum atomic E-state index is -4.30. The smallest absolute Gasteiger partial charge is 0.237 e. The van der Waals surface area contributed by atoms with Crippen molar-refractivity contribution in [1.82, 2.24) is 4.57 Å². The molecule has 0 unspecified atom stereocenters. The van der Waals surface area contributed by atoms with Gasteiger partial charge in [-0.25, -0.2) is 4.57 Å². The van der Waals surface area contributed by atoms with Crippen LogP contribution in [0.25, 0.3) is 0 Å². The van der Waals surface area contributed by atoms with Crippen LogP contribution in [0.2, 0.25) is 0 Å². The summed E-state index contributed by atoms with van der Waals surface area (Å²) in [5.41, 5.74) is 0. The molecule has 5 heteroatoms. The van der Waals surface area contributed by atoms with E-state index in [2.05, 4.69) is 6.92 Å². The van der Waals surface area contributed by atoms with Crippen molar-refractivity contribution in [3.8, 4) is 0 Å². The Morgan fingerprint density at radius 1 is 1.29 bits per heavy atom. The summed E-state index contributed by atoms with van der Waals surface area (Å²) in [6.07, 6.45) is 2.30. The van der Waals surface area contributed by atoms with Crippen LogP contribution in [0.1, 0.15) is 26.2 Å². The van der Waals surface area contributed by atoms with Gasteiger partial charge in [0.05, 0.1) is 6.54 Å². The largest absolute Gasteiger partial charge is 0.567 e. The summed E-state index contributed by atoms with van der Waals surface area (Å²) in [4.78, 5) is 0. The fraction of sp³-hybridized carbons (Fsp3) is 0.667. The zero-order valence-corrected chi connectivity index (χ0v) is 8.09. The normalized spacial score (nSPS) is 12.0. The third-order valence-electron chi connectivity index (χ3n) is 2.00. The quantitative estimate of drug-likeness (QED) is 0.529. The van der Waals surface area contributed by atoms with Crippen LogP contribution in [0.3, 0.4) is 0 Å². The second-order valence-corrected chi connectivity index (χ2v) is 3.23. The predicted molar refractivity (Wildman–Crippen MR) is 45.5 cm³/mol. The summed E-state index contributed by atoms with van der Waals surface area (Å²) in [6, 6.07) is 0. The highest BCUT2D eigenvalue weighted by molar-refractivity contribution is 4.68. The Kier molecular flexibility index (Phi) is 3.55. The van der Waals surface area contributed by atoms with Gasteiger partial charge in [0.1, 0.15) is 12.4 Å². The van der Waals surface area contributed by atoms with Crippen LogP contribution >= 0.6 is 0 Å². The summed E-state index contributed by atoms with van der Waals surface area (Å²) < 4.78 is 38.2. The zero-order chi connectivity index (χ0) is 10.6. The van der Waals surface area contributed by atoms with E-state index in [4.69, 9.17) is 0 Å². The van der Waals surface area contributed by atoms with Gasteiger partial charge in [-0.1, -0.05) is 13.3 Å². The van der Waals surface area contributed by atoms with Crippen molar-refractivity contribution in [3.05, 3.63) is 18.7 Å². The Bertz CT molecular complexity index is 278. The highest BCUT2D eigenvalue weighted by atomic mass is 19.4. The minimum absolute atomic E-state index is 0.263. The summed E-state index contributed by atoms with van der Waals surface area (Å²) in [7, 11) is 0. The van der Waals surface area contributed by atoms with Gasteiger partial charge in [0.15, 0.2) is 0 Å². The molecule has 0 aliphatic carbocycles. The molecule has 0 radical (unpaired) electrons. The molecule has 0 atom stereocenters. The van der Waals surface area contributed by atoms with Gasteiger partial charge in [-0.3, -0.25) is 0 Å². The molecule has 0 amide bonds. The first kappa shape index (κ1) is 11.1. The fourth-order valence-electron chi connectivity index (χ4n) is 1.22. The number of unbranched alkanes of at least 4 members (excludes halogenated alkanes) is 2. The van der Waals surface area contributed by atoms with Crippen molar-refractivity contribution >= 4 is 0 Å². The topological polar surface area (TPSA) is 8.81 Å². The van der Waals surface area contributed by atoms with Gasteiger partial charge in [0.2, 0.25) is 0 Å². The molecule has 1 rings (SSSR count). The first-order chi connectivity index (χ1) is 6.54. The van der Waals surface area contributed by atoms with Gasteiger partial charge < -0.3 is 0 Å². The molecule has 2 nitrogen and oxygen atoms in total.